The van der Waals surface area contributed by atoms with Gasteiger partial charge in [0.1, 0.15) is 0 Å². The van der Waals surface area contributed by atoms with E-state index in [0.717, 1.165) is 25.9 Å². The molecule has 17 heavy (non-hydrogen) atoms. The van der Waals surface area contributed by atoms with E-state index < -0.39 is 0 Å². The molecule has 2 unspecified atom stereocenters. The second-order valence-electron chi connectivity index (χ2n) is 6.69. The molecule has 3 nitrogen and oxygen atoms in total. The average Bonchev–Trinajstić information content (AvgIpc) is 2.62. The Morgan fingerprint density at radius 2 is 2.12 bits per heavy atom. The number of nitrogens with zero attached hydrogens (tertiary/aromatic N) is 1. The zero-order valence-electron chi connectivity index (χ0n) is 12.0. The minimum Gasteiger partial charge on any atom is -0.341 e. The van der Waals surface area contributed by atoms with Crippen LogP contribution in [0.3, 0.4) is 0 Å². The van der Waals surface area contributed by atoms with Crippen LogP contribution in [0.2, 0.25) is 0 Å². The molecule has 2 atom stereocenters. The summed E-state index contributed by atoms with van der Waals surface area (Å²) in [5, 5.41) is 3.25. The quantitative estimate of drug-likeness (QED) is 0.817. The summed E-state index contributed by atoms with van der Waals surface area (Å²) in [6, 6.07) is 0.497. The molecule has 0 aliphatic carbocycles. The average molecular weight is 240 g/mol. The largest absolute Gasteiger partial charge is 0.341 e. The van der Waals surface area contributed by atoms with E-state index in [1.165, 1.54) is 0 Å². The van der Waals surface area contributed by atoms with Crippen molar-refractivity contribution < 1.29 is 4.79 Å². The fourth-order valence-electron chi connectivity index (χ4n) is 2.77. The van der Waals surface area contributed by atoms with E-state index in [-0.39, 0.29) is 0 Å². The Morgan fingerprint density at radius 1 is 1.47 bits per heavy atom. The molecule has 1 saturated heterocycles. The number of hydrogen-bond donors (Lipinski definition) is 1. The van der Waals surface area contributed by atoms with Crippen LogP contribution in [0.1, 0.15) is 47.0 Å². The molecular weight excluding hydrogens is 212 g/mol. The Balaban J connectivity index is 2.34. The lowest BCUT2D eigenvalue weighted by Gasteiger charge is -2.24. The number of carbonyl (C=O) groups excluding carboxylic acids is 1. The van der Waals surface area contributed by atoms with Crippen molar-refractivity contribution in [2.24, 2.45) is 11.3 Å². The van der Waals surface area contributed by atoms with Crippen LogP contribution in [0.4, 0.5) is 0 Å². The monoisotopic (exact) mass is 240 g/mol. The first-order valence-electron chi connectivity index (χ1n) is 6.77. The van der Waals surface area contributed by atoms with E-state index in [0.29, 0.717) is 29.7 Å². The van der Waals surface area contributed by atoms with Crippen molar-refractivity contribution in [2.45, 2.75) is 53.0 Å². The summed E-state index contributed by atoms with van der Waals surface area (Å²) in [7, 11) is 1.97. The van der Waals surface area contributed by atoms with Gasteiger partial charge in [-0.2, -0.15) is 0 Å². The Labute approximate surface area is 106 Å². The highest BCUT2D eigenvalue weighted by Crippen LogP contribution is 2.26. The molecule has 1 fully saturated rings. The van der Waals surface area contributed by atoms with Crippen molar-refractivity contribution in [3.05, 3.63) is 0 Å². The first kappa shape index (κ1) is 14.5. The normalized spacial score (nSPS) is 22.9. The molecule has 1 rings (SSSR count). The molecule has 0 radical (unpaired) electrons. The lowest BCUT2D eigenvalue weighted by molar-refractivity contribution is -0.131. The molecule has 0 aromatic rings. The van der Waals surface area contributed by atoms with E-state index in [9.17, 15) is 4.79 Å². The third-order valence-corrected chi connectivity index (χ3v) is 3.43. The third kappa shape index (κ3) is 5.07. The lowest BCUT2D eigenvalue weighted by atomic mass is 9.84. The lowest BCUT2D eigenvalue weighted by Crippen LogP contribution is -2.34. The molecule has 0 aromatic carbocycles. The predicted molar refractivity (Wildman–Crippen MR) is 71.9 cm³/mol. The molecule has 1 aliphatic heterocycles. The van der Waals surface area contributed by atoms with Crippen molar-refractivity contribution in [3.63, 3.8) is 0 Å². The molecule has 1 N–H and O–H groups in total. The van der Waals surface area contributed by atoms with Gasteiger partial charge in [0.05, 0.1) is 0 Å². The highest BCUT2D eigenvalue weighted by molar-refractivity contribution is 5.76. The van der Waals surface area contributed by atoms with E-state index >= 15 is 0 Å². The topological polar surface area (TPSA) is 32.3 Å². The van der Waals surface area contributed by atoms with E-state index in [1.54, 1.807) is 0 Å². The number of likely N-dealkylation sites (tertiary alicyclic amines) is 1. The maximum Gasteiger partial charge on any atom is 0.222 e. The maximum atomic E-state index is 12.1. The highest BCUT2D eigenvalue weighted by atomic mass is 16.2. The fraction of sp³-hybridized carbons (Fsp3) is 0.929. The van der Waals surface area contributed by atoms with Gasteiger partial charge in [0.2, 0.25) is 5.91 Å². The van der Waals surface area contributed by atoms with Crippen LogP contribution in [-0.4, -0.2) is 37.0 Å². The molecule has 3 heteroatoms. The van der Waals surface area contributed by atoms with Gasteiger partial charge in [0, 0.05) is 25.6 Å². The minimum atomic E-state index is 0.318. The van der Waals surface area contributed by atoms with Gasteiger partial charge in [-0.05, 0) is 31.2 Å². The van der Waals surface area contributed by atoms with Crippen LogP contribution in [0, 0.1) is 11.3 Å². The zero-order chi connectivity index (χ0) is 13.1. The standard InChI is InChI=1S/C14H28N2O/c1-11(9-14(2,3)4)8-13(17)16-7-6-12(10-16)15-5/h11-12,15H,6-10H2,1-5H3. The Hall–Kier alpha value is -0.570. The van der Waals surface area contributed by atoms with Crippen molar-refractivity contribution >= 4 is 5.91 Å². The van der Waals surface area contributed by atoms with Crippen LogP contribution >= 0.6 is 0 Å². The van der Waals surface area contributed by atoms with Gasteiger partial charge < -0.3 is 10.2 Å². The molecule has 1 amide bonds. The van der Waals surface area contributed by atoms with Gasteiger partial charge in [-0.25, -0.2) is 0 Å². The van der Waals surface area contributed by atoms with Crippen LogP contribution < -0.4 is 5.32 Å². The van der Waals surface area contributed by atoms with Crippen molar-refractivity contribution in [1.82, 2.24) is 10.2 Å². The Kier molecular flexibility index (Phi) is 4.99. The van der Waals surface area contributed by atoms with Crippen molar-refractivity contribution in [3.8, 4) is 0 Å². The summed E-state index contributed by atoms with van der Waals surface area (Å²) in [5.74, 6) is 0.815. The smallest absolute Gasteiger partial charge is 0.222 e. The first-order chi connectivity index (χ1) is 7.81. The zero-order valence-corrected chi connectivity index (χ0v) is 12.0. The molecule has 0 bridgehead atoms. The summed E-state index contributed by atoms with van der Waals surface area (Å²) in [5.41, 5.74) is 0.318. The number of likely N-dealkylation sites (N-methyl/N-ethyl adjacent to an activating group) is 1. The first-order valence-corrected chi connectivity index (χ1v) is 6.77. The molecule has 0 saturated carbocycles. The maximum absolute atomic E-state index is 12.1. The number of hydrogen-bond acceptors (Lipinski definition) is 2. The van der Waals surface area contributed by atoms with E-state index in [4.69, 9.17) is 0 Å². The van der Waals surface area contributed by atoms with Crippen molar-refractivity contribution in [1.29, 1.82) is 0 Å². The van der Waals surface area contributed by atoms with Crippen LogP contribution in [0.5, 0.6) is 0 Å². The van der Waals surface area contributed by atoms with Gasteiger partial charge in [0.15, 0.2) is 0 Å². The highest BCUT2D eigenvalue weighted by Gasteiger charge is 2.26. The molecule has 0 spiro atoms. The molecule has 100 valence electrons. The number of nitrogens with one attached hydrogen (secondary N) is 1. The summed E-state index contributed by atoms with van der Waals surface area (Å²) in [6.07, 6.45) is 2.91. The van der Waals surface area contributed by atoms with Gasteiger partial charge in [-0.15, -0.1) is 0 Å². The summed E-state index contributed by atoms with van der Waals surface area (Å²) < 4.78 is 0. The van der Waals surface area contributed by atoms with Gasteiger partial charge in [0.25, 0.3) is 0 Å². The number of carbonyl (C=O) groups is 1. The van der Waals surface area contributed by atoms with Gasteiger partial charge in [-0.1, -0.05) is 27.7 Å². The molecule has 1 aliphatic rings. The van der Waals surface area contributed by atoms with Crippen molar-refractivity contribution in [2.75, 3.05) is 20.1 Å². The SMILES string of the molecule is CNC1CCN(C(=O)CC(C)CC(C)(C)C)C1. The summed E-state index contributed by atoms with van der Waals surface area (Å²) >= 11 is 0. The fourth-order valence-corrected chi connectivity index (χ4v) is 2.77. The third-order valence-electron chi connectivity index (χ3n) is 3.43. The molecule has 0 aromatic heterocycles. The number of amides is 1. The summed E-state index contributed by atoms with van der Waals surface area (Å²) in [4.78, 5) is 14.1. The minimum absolute atomic E-state index is 0.318. The number of rotatable bonds is 4. The summed E-state index contributed by atoms with van der Waals surface area (Å²) in [6.45, 7) is 10.7. The van der Waals surface area contributed by atoms with Gasteiger partial charge >= 0.3 is 0 Å². The van der Waals surface area contributed by atoms with Gasteiger partial charge in [-0.3, -0.25) is 4.79 Å². The molecule has 1 heterocycles. The van der Waals surface area contributed by atoms with Crippen LogP contribution in [0.25, 0.3) is 0 Å². The van der Waals surface area contributed by atoms with E-state index in [1.807, 2.05) is 11.9 Å². The second-order valence-corrected chi connectivity index (χ2v) is 6.69. The van der Waals surface area contributed by atoms with E-state index in [2.05, 4.69) is 33.0 Å². The molecular formula is C14H28N2O. The Bertz CT molecular complexity index is 257. The van der Waals surface area contributed by atoms with Crippen LogP contribution in [0.15, 0.2) is 0 Å². The van der Waals surface area contributed by atoms with Crippen LogP contribution in [-0.2, 0) is 4.79 Å². The Morgan fingerprint density at radius 3 is 2.59 bits per heavy atom. The predicted octanol–water partition coefficient (Wildman–Crippen LogP) is 2.27. The second kappa shape index (κ2) is 5.85.